The molecule has 21 heavy (non-hydrogen) atoms. The zero-order valence-electron chi connectivity index (χ0n) is 10.7. The number of nitrogens with zero attached hydrogens (tertiary/aromatic N) is 1. The maximum absolute atomic E-state index is 13.2. The summed E-state index contributed by atoms with van der Waals surface area (Å²) in [6.07, 6.45) is 0. The SMILES string of the molecule is N#Cc1cc(CS(=O)(=O)c2ccc(Br)cc2N)ccc1F. The topological polar surface area (TPSA) is 84.0 Å². The Morgan fingerprint density at radius 1 is 1.24 bits per heavy atom. The molecule has 0 unspecified atom stereocenters. The third-order valence-electron chi connectivity index (χ3n) is 2.81. The molecule has 4 nitrogen and oxygen atoms in total. The van der Waals surface area contributed by atoms with Crippen LogP contribution in [0.5, 0.6) is 0 Å². The van der Waals surface area contributed by atoms with Crippen LogP contribution in [0.4, 0.5) is 10.1 Å². The summed E-state index contributed by atoms with van der Waals surface area (Å²) in [5.74, 6) is -1.03. The van der Waals surface area contributed by atoms with Crippen molar-refractivity contribution in [3.63, 3.8) is 0 Å². The van der Waals surface area contributed by atoms with E-state index in [-0.39, 0.29) is 21.9 Å². The number of sulfone groups is 1. The van der Waals surface area contributed by atoms with Crippen LogP contribution in [0.3, 0.4) is 0 Å². The summed E-state index contributed by atoms with van der Waals surface area (Å²) < 4.78 is 38.6. The number of nitriles is 1. The van der Waals surface area contributed by atoms with Gasteiger partial charge in [-0.1, -0.05) is 22.0 Å². The predicted octanol–water partition coefficient (Wildman–Crippen LogP) is 3.02. The largest absolute Gasteiger partial charge is 0.398 e. The Labute approximate surface area is 130 Å². The van der Waals surface area contributed by atoms with Gasteiger partial charge >= 0.3 is 0 Å². The van der Waals surface area contributed by atoms with E-state index in [9.17, 15) is 12.8 Å². The lowest BCUT2D eigenvalue weighted by atomic mass is 10.1. The summed E-state index contributed by atoms with van der Waals surface area (Å²) >= 11 is 3.20. The second-order valence-corrected chi connectivity index (χ2v) is 7.24. The van der Waals surface area contributed by atoms with Crippen LogP contribution in [-0.2, 0) is 15.6 Å². The highest BCUT2D eigenvalue weighted by Gasteiger charge is 2.19. The van der Waals surface area contributed by atoms with E-state index in [1.165, 1.54) is 24.3 Å². The van der Waals surface area contributed by atoms with Crippen molar-refractivity contribution in [2.24, 2.45) is 0 Å². The van der Waals surface area contributed by atoms with Crippen molar-refractivity contribution in [1.29, 1.82) is 5.26 Å². The fourth-order valence-electron chi connectivity index (χ4n) is 1.85. The fourth-order valence-corrected chi connectivity index (χ4v) is 3.69. The van der Waals surface area contributed by atoms with Crippen molar-refractivity contribution >= 4 is 31.5 Å². The highest BCUT2D eigenvalue weighted by Crippen LogP contribution is 2.26. The summed E-state index contributed by atoms with van der Waals surface area (Å²) in [5.41, 5.74) is 5.99. The molecule has 7 heteroatoms. The number of rotatable bonds is 3. The summed E-state index contributed by atoms with van der Waals surface area (Å²) in [6, 6.07) is 9.80. The van der Waals surface area contributed by atoms with Gasteiger partial charge in [-0.3, -0.25) is 0 Å². The highest BCUT2D eigenvalue weighted by atomic mass is 79.9. The summed E-state index contributed by atoms with van der Waals surface area (Å²) in [5, 5.41) is 8.77. The van der Waals surface area contributed by atoms with Crippen LogP contribution in [0.1, 0.15) is 11.1 Å². The second-order valence-electron chi connectivity index (χ2n) is 4.37. The van der Waals surface area contributed by atoms with Gasteiger partial charge in [0.15, 0.2) is 9.84 Å². The molecule has 0 spiro atoms. The van der Waals surface area contributed by atoms with Crippen LogP contribution in [-0.4, -0.2) is 8.42 Å². The first-order valence-electron chi connectivity index (χ1n) is 5.80. The zero-order valence-corrected chi connectivity index (χ0v) is 13.1. The van der Waals surface area contributed by atoms with Gasteiger partial charge in [-0.25, -0.2) is 12.8 Å². The van der Waals surface area contributed by atoms with Gasteiger partial charge < -0.3 is 5.73 Å². The van der Waals surface area contributed by atoms with Crippen molar-refractivity contribution in [2.75, 3.05) is 5.73 Å². The van der Waals surface area contributed by atoms with E-state index in [1.54, 1.807) is 12.1 Å². The van der Waals surface area contributed by atoms with Gasteiger partial charge in [0.2, 0.25) is 0 Å². The molecule has 0 saturated carbocycles. The number of halogens is 2. The number of benzene rings is 2. The number of nitrogens with two attached hydrogens (primary N) is 1. The molecule has 2 aromatic rings. The smallest absolute Gasteiger partial charge is 0.184 e. The van der Waals surface area contributed by atoms with Gasteiger partial charge in [-0.15, -0.1) is 0 Å². The van der Waals surface area contributed by atoms with Crippen LogP contribution in [0.25, 0.3) is 0 Å². The third-order valence-corrected chi connectivity index (χ3v) is 5.06. The minimum atomic E-state index is -3.68. The normalized spacial score (nSPS) is 11.1. The minimum Gasteiger partial charge on any atom is -0.398 e. The number of nitrogen functional groups attached to an aromatic ring is 1. The standard InChI is InChI=1S/C14H10BrFN2O2S/c15-11-2-4-14(13(18)6-11)21(19,20)8-9-1-3-12(16)10(5-9)7-17/h1-6H,8,18H2. The Bertz CT molecular complexity index is 845. The molecule has 0 atom stereocenters. The van der Waals surface area contributed by atoms with E-state index in [1.807, 2.05) is 0 Å². The Morgan fingerprint density at radius 3 is 2.57 bits per heavy atom. The first-order chi connectivity index (χ1) is 9.83. The van der Waals surface area contributed by atoms with E-state index in [0.29, 0.717) is 10.0 Å². The molecule has 108 valence electrons. The minimum absolute atomic E-state index is 0.00790. The quantitative estimate of drug-likeness (QED) is 0.843. The van der Waals surface area contributed by atoms with Crippen molar-refractivity contribution in [3.8, 4) is 6.07 Å². The summed E-state index contributed by atoms with van der Waals surface area (Å²) in [4.78, 5) is 0.00790. The van der Waals surface area contributed by atoms with E-state index < -0.39 is 15.7 Å². The average Bonchev–Trinajstić information content (AvgIpc) is 2.40. The molecule has 2 rings (SSSR count). The highest BCUT2D eigenvalue weighted by molar-refractivity contribution is 9.10. The van der Waals surface area contributed by atoms with Gasteiger partial charge in [0.05, 0.1) is 21.9 Å². The second kappa shape index (κ2) is 5.84. The Hall–Kier alpha value is -1.91. The van der Waals surface area contributed by atoms with Crippen molar-refractivity contribution in [2.45, 2.75) is 10.6 Å². The maximum atomic E-state index is 13.2. The van der Waals surface area contributed by atoms with Crippen molar-refractivity contribution < 1.29 is 12.8 Å². The molecule has 0 fully saturated rings. The van der Waals surface area contributed by atoms with Crippen LogP contribution in [0.2, 0.25) is 0 Å². The molecule has 0 amide bonds. The van der Waals surface area contributed by atoms with E-state index in [2.05, 4.69) is 15.9 Å². The number of hydrogen-bond acceptors (Lipinski definition) is 4. The Balaban J connectivity index is 2.40. The molecular weight excluding hydrogens is 359 g/mol. The molecule has 2 aromatic carbocycles. The van der Waals surface area contributed by atoms with Crippen molar-refractivity contribution in [3.05, 3.63) is 57.8 Å². The van der Waals surface area contributed by atoms with Crippen LogP contribution in [0, 0.1) is 17.1 Å². The molecule has 0 aliphatic carbocycles. The molecule has 0 bridgehead atoms. The lowest BCUT2D eigenvalue weighted by Crippen LogP contribution is -2.08. The molecule has 2 N–H and O–H groups in total. The number of hydrogen-bond donors (Lipinski definition) is 1. The Kier molecular flexibility index (Phi) is 4.30. The first-order valence-corrected chi connectivity index (χ1v) is 8.24. The monoisotopic (exact) mass is 368 g/mol. The van der Waals surface area contributed by atoms with Crippen molar-refractivity contribution in [1.82, 2.24) is 0 Å². The maximum Gasteiger partial charge on any atom is 0.184 e. The molecule has 0 aliphatic heterocycles. The predicted molar refractivity (Wildman–Crippen MR) is 80.6 cm³/mol. The van der Waals surface area contributed by atoms with E-state index in [4.69, 9.17) is 11.0 Å². The van der Waals surface area contributed by atoms with Crippen LogP contribution >= 0.6 is 15.9 Å². The third kappa shape index (κ3) is 3.40. The molecule has 0 aliphatic rings. The van der Waals surface area contributed by atoms with Gasteiger partial charge in [-0.2, -0.15) is 5.26 Å². The van der Waals surface area contributed by atoms with Crippen LogP contribution in [0.15, 0.2) is 45.8 Å². The average molecular weight is 369 g/mol. The molecule has 0 aromatic heterocycles. The van der Waals surface area contributed by atoms with E-state index >= 15 is 0 Å². The van der Waals surface area contributed by atoms with Gasteiger partial charge in [-0.05, 0) is 35.9 Å². The Morgan fingerprint density at radius 2 is 1.95 bits per heavy atom. The summed E-state index contributed by atoms with van der Waals surface area (Å²) in [7, 11) is -3.68. The molecule has 0 saturated heterocycles. The fraction of sp³-hybridized carbons (Fsp3) is 0.0714. The molecule has 0 heterocycles. The molecule has 0 radical (unpaired) electrons. The lowest BCUT2D eigenvalue weighted by Gasteiger charge is -2.08. The molecular formula is C14H10BrFN2O2S. The first kappa shape index (κ1) is 15.5. The summed E-state index contributed by atoms with van der Waals surface area (Å²) in [6.45, 7) is 0. The zero-order chi connectivity index (χ0) is 15.6. The van der Waals surface area contributed by atoms with Gasteiger partial charge in [0.25, 0.3) is 0 Å². The van der Waals surface area contributed by atoms with Gasteiger partial charge in [0.1, 0.15) is 11.9 Å². The van der Waals surface area contributed by atoms with Crippen LogP contribution < -0.4 is 5.73 Å². The van der Waals surface area contributed by atoms with Gasteiger partial charge in [0, 0.05) is 4.47 Å². The number of anilines is 1. The van der Waals surface area contributed by atoms with E-state index in [0.717, 1.165) is 6.07 Å². The lowest BCUT2D eigenvalue weighted by molar-refractivity contribution is 0.595.